The van der Waals surface area contributed by atoms with Crippen molar-refractivity contribution in [3.8, 4) is 0 Å². The van der Waals surface area contributed by atoms with Gasteiger partial charge in [-0.1, -0.05) is 6.08 Å². The molecule has 4 nitrogen and oxygen atoms in total. The lowest BCUT2D eigenvalue weighted by Gasteiger charge is -2.24. The quantitative estimate of drug-likeness (QED) is 0.845. The van der Waals surface area contributed by atoms with Gasteiger partial charge >= 0.3 is 12.1 Å². The van der Waals surface area contributed by atoms with Crippen LogP contribution in [0.25, 0.3) is 0 Å². The molecule has 7 heteroatoms. The van der Waals surface area contributed by atoms with Crippen LogP contribution in [0.4, 0.5) is 19.0 Å². The zero-order valence-electron chi connectivity index (χ0n) is 10.5. The number of carbonyl (C=O) groups is 1. The van der Waals surface area contributed by atoms with E-state index in [1.54, 1.807) is 4.90 Å². The van der Waals surface area contributed by atoms with E-state index in [-0.39, 0.29) is 24.0 Å². The number of anilines is 1. The number of hydrogen-bond acceptors (Lipinski definition) is 3. The molecule has 0 aliphatic heterocycles. The average molecular weight is 286 g/mol. The number of carboxylic acid groups (broad SMARTS) is 1. The summed E-state index contributed by atoms with van der Waals surface area (Å²) in [6.07, 6.45) is -1.46. The number of hydrogen-bond donors (Lipinski definition) is 1. The van der Waals surface area contributed by atoms with Crippen LogP contribution in [0.5, 0.6) is 0 Å². The number of alkyl halides is 3. The zero-order valence-corrected chi connectivity index (χ0v) is 10.5. The van der Waals surface area contributed by atoms with Crippen LogP contribution in [0, 0.1) is 0 Å². The standard InChI is InChI=1S/C13H13F3N2O2/c1-2-7-18(8-3-4-8)11-9(12(19)20)5-6-10(17-11)13(14,15)16/h2,5-6,8H,1,3-4,7H2,(H,19,20). The summed E-state index contributed by atoms with van der Waals surface area (Å²) in [5.41, 5.74) is -1.32. The number of rotatable bonds is 5. The molecule has 1 aliphatic carbocycles. The Labute approximate surface area is 113 Å². The molecule has 1 aromatic heterocycles. The van der Waals surface area contributed by atoms with E-state index in [0.717, 1.165) is 18.9 Å². The minimum absolute atomic E-state index is 0.0297. The Morgan fingerprint density at radius 2 is 2.15 bits per heavy atom. The highest BCUT2D eigenvalue weighted by Crippen LogP contribution is 2.35. The summed E-state index contributed by atoms with van der Waals surface area (Å²) in [6.45, 7) is 3.81. The molecule has 1 heterocycles. The molecule has 0 spiro atoms. The second kappa shape index (κ2) is 5.15. The molecule has 1 fully saturated rings. The van der Waals surface area contributed by atoms with Gasteiger partial charge in [0.15, 0.2) is 0 Å². The lowest BCUT2D eigenvalue weighted by molar-refractivity contribution is -0.141. The minimum atomic E-state index is -4.60. The van der Waals surface area contributed by atoms with Crippen LogP contribution in [0.3, 0.4) is 0 Å². The molecule has 20 heavy (non-hydrogen) atoms. The van der Waals surface area contributed by atoms with Crippen LogP contribution in [0.15, 0.2) is 24.8 Å². The summed E-state index contributed by atoms with van der Waals surface area (Å²) in [5, 5.41) is 9.10. The first kappa shape index (κ1) is 14.4. The highest BCUT2D eigenvalue weighted by Gasteiger charge is 2.36. The van der Waals surface area contributed by atoms with E-state index in [0.29, 0.717) is 6.07 Å². The van der Waals surface area contributed by atoms with Gasteiger partial charge in [0.05, 0.1) is 0 Å². The maximum atomic E-state index is 12.7. The van der Waals surface area contributed by atoms with Gasteiger partial charge in [-0.3, -0.25) is 0 Å². The summed E-state index contributed by atoms with van der Waals surface area (Å²) in [4.78, 5) is 16.2. The molecule has 1 N–H and O–H groups in total. The van der Waals surface area contributed by atoms with Gasteiger partial charge < -0.3 is 10.0 Å². The Kier molecular flexibility index (Phi) is 3.69. The van der Waals surface area contributed by atoms with E-state index in [1.165, 1.54) is 6.08 Å². The molecule has 0 atom stereocenters. The molecule has 0 saturated heterocycles. The molecule has 0 radical (unpaired) electrons. The second-order valence-electron chi connectivity index (χ2n) is 4.54. The fourth-order valence-electron chi connectivity index (χ4n) is 1.93. The first-order valence-corrected chi connectivity index (χ1v) is 6.03. The molecule has 1 aliphatic rings. The van der Waals surface area contributed by atoms with Crippen molar-refractivity contribution < 1.29 is 23.1 Å². The average Bonchev–Trinajstić information content (AvgIpc) is 3.18. The van der Waals surface area contributed by atoms with Crippen molar-refractivity contribution in [3.05, 3.63) is 36.0 Å². The molecule has 0 amide bonds. The first-order valence-electron chi connectivity index (χ1n) is 6.03. The van der Waals surface area contributed by atoms with Gasteiger partial charge in [-0.25, -0.2) is 9.78 Å². The lowest BCUT2D eigenvalue weighted by Crippen LogP contribution is -2.29. The van der Waals surface area contributed by atoms with E-state index in [2.05, 4.69) is 11.6 Å². The number of pyridine rings is 1. The monoisotopic (exact) mass is 286 g/mol. The Bertz CT molecular complexity index is 539. The lowest BCUT2D eigenvalue weighted by atomic mass is 10.2. The van der Waals surface area contributed by atoms with Gasteiger partial charge in [0, 0.05) is 12.6 Å². The number of carboxylic acids is 1. The van der Waals surface area contributed by atoms with Crippen LogP contribution < -0.4 is 4.90 Å². The van der Waals surface area contributed by atoms with Crippen LogP contribution in [0.1, 0.15) is 28.9 Å². The first-order chi connectivity index (χ1) is 9.34. The fraction of sp³-hybridized carbons (Fsp3) is 0.385. The second-order valence-corrected chi connectivity index (χ2v) is 4.54. The van der Waals surface area contributed by atoms with Gasteiger partial charge in [-0.15, -0.1) is 6.58 Å². The van der Waals surface area contributed by atoms with E-state index in [9.17, 15) is 18.0 Å². The van der Waals surface area contributed by atoms with Gasteiger partial charge in [0.1, 0.15) is 17.1 Å². The van der Waals surface area contributed by atoms with E-state index >= 15 is 0 Å². The highest BCUT2D eigenvalue weighted by molar-refractivity contribution is 5.93. The van der Waals surface area contributed by atoms with Crippen molar-refractivity contribution in [1.82, 2.24) is 4.98 Å². The van der Waals surface area contributed by atoms with Gasteiger partial charge in [0.25, 0.3) is 0 Å². The zero-order chi connectivity index (χ0) is 14.9. The predicted octanol–water partition coefficient (Wildman–Crippen LogP) is 2.95. The molecular weight excluding hydrogens is 273 g/mol. The Hall–Kier alpha value is -2.05. The minimum Gasteiger partial charge on any atom is -0.478 e. The predicted molar refractivity (Wildman–Crippen MR) is 66.8 cm³/mol. The number of aromatic nitrogens is 1. The third-order valence-electron chi connectivity index (χ3n) is 2.98. The van der Waals surface area contributed by atoms with Gasteiger partial charge in [-0.05, 0) is 25.0 Å². The number of halogens is 3. The largest absolute Gasteiger partial charge is 0.478 e. The molecule has 0 unspecified atom stereocenters. The Morgan fingerprint density at radius 1 is 1.50 bits per heavy atom. The topological polar surface area (TPSA) is 53.4 Å². The summed E-state index contributed by atoms with van der Waals surface area (Å²) in [6, 6.07) is 1.67. The smallest absolute Gasteiger partial charge is 0.433 e. The fourth-order valence-corrected chi connectivity index (χ4v) is 1.93. The summed E-state index contributed by atoms with van der Waals surface area (Å²) in [7, 11) is 0. The molecule has 0 aromatic carbocycles. The van der Waals surface area contributed by atoms with Gasteiger partial charge in [0.2, 0.25) is 0 Å². The Morgan fingerprint density at radius 3 is 2.60 bits per heavy atom. The molecule has 2 rings (SSSR count). The van der Waals surface area contributed by atoms with Crippen LogP contribution in [-0.4, -0.2) is 28.6 Å². The van der Waals surface area contributed by atoms with Crippen LogP contribution in [-0.2, 0) is 6.18 Å². The Balaban J connectivity index is 2.50. The summed E-state index contributed by atoms with van der Waals surface area (Å²) >= 11 is 0. The summed E-state index contributed by atoms with van der Waals surface area (Å²) in [5.74, 6) is -1.44. The van der Waals surface area contributed by atoms with E-state index in [1.807, 2.05) is 0 Å². The van der Waals surface area contributed by atoms with Crippen molar-refractivity contribution >= 4 is 11.8 Å². The van der Waals surface area contributed by atoms with Crippen molar-refractivity contribution in [2.45, 2.75) is 25.1 Å². The van der Waals surface area contributed by atoms with Crippen molar-refractivity contribution in [1.29, 1.82) is 0 Å². The van der Waals surface area contributed by atoms with Crippen LogP contribution >= 0.6 is 0 Å². The maximum absolute atomic E-state index is 12.7. The normalized spacial score (nSPS) is 14.9. The summed E-state index contributed by atoms with van der Waals surface area (Å²) < 4.78 is 38.2. The van der Waals surface area contributed by atoms with Crippen molar-refractivity contribution in [2.75, 3.05) is 11.4 Å². The van der Waals surface area contributed by atoms with E-state index in [4.69, 9.17) is 5.11 Å². The SMILES string of the molecule is C=CCN(c1nc(C(F)(F)F)ccc1C(=O)O)C1CC1. The van der Waals surface area contributed by atoms with E-state index < -0.39 is 17.8 Å². The molecule has 108 valence electrons. The number of aromatic carboxylic acids is 1. The van der Waals surface area contributed by atoms with Gasteiger partial charge in [-0.2, -0.15) is 13.2 Å². The molecular formula is C13H13F3N2O2. The molecule has 1 aromatic rings. The third-order valence-corrected chi connectivity index (χ3v) is 2.98. The van der Waals surface area contributed by atoms with Crippen molar-refractivity contribution in [2.24, 2.45) is 0 Å². The highest BCUT2D eigenvalue weighted by atomic mass is 19.4. The van der Waals surface area contributed by atoms with Crippen LogP contribution in [0.2, 0.25) is 0 Å². The molecule has 0 bridgehead atoms. The number of nitrogens with zero attached hydrogens (tertiary/aromatic N) is 2. The maximum Gasteiger partial charge on any atom is 0.433 e. The molecule has 1 saturated carbocycles. The third kappa shape index (κ3) is 2.92. The van der Waals surface area contributed by atoms with Crippen molar-refractivity contribution in [3.63, 3.8) is 0 Å².